The van der Waals surface area contributed by atoms with Crippen molar-refractivity contribution >= 4 is 0 Å². The van der Waals surface area contributed by atoms with Crippen molar-refractivity contribution in [2.24, 2.45) is 0 Å². The van der Waals surface area contributed by atoms with Crippen LogP contribution in [-0.2, 0) is 6.42 Å². The van der Waals surface area contributed by atoms with Gasteiger partial charge in [-0.1, -0.05) is 6.07 Å². The third-order valence-electron chi connectivity index (χ3n) is 2.64. The van der Waals surface area contributed by atoms with E-state index in [9.17, 15) is 8.78 Å². The molecule has 0 unspecified atom stereocenters. The van der Waals surface area contributed by atoms with E-state index >= 15 is 0 Å². The van der Waals surface area contributed by atoms with Crippen LogP contribution in [0.25, 0.3) is 0 Å². The predicted octanol–water partition coefficient (Wildman–Crippen LogP) is 2.65. The van der Waals surface area contributed by atoms with Gasteiger partial charge in [0.1, 0.15) is 0 Å². The largest absolute Gasteiger partial charge is 0.314 e. The molecule has 0 heterocycles. The van der Waals surface area contributed by atoms with Crippen molar-refractivity contribution in [1.29, 1.82) is 0 Å². The maximum Gasteiger partial charge on any atom is 0.159 e. The topological polar surface area (TPSA) is 12.0 Å². The summed E-state index contributed by atoms with van der Waals surface area (Å²) in [6, 6.07) is 4.84. The normalized spacial score (nSPS) is 15.6. The fourth-order valence-electron chi connectivity index (χ4n) is 1.58. The van der Waals surface area contributed by atoms with Gasteiger partial charge < -0.3 is 5.32 Å². The fourth-order valence-corrected chi connectivity index (χ4v) is 1.58. The highest BCUT2D eigenvalue weighted by Gasteiger charge is 2.19. The van der Waals surface area contributed by atoms with Crippen LogP contribution in [0.2, 0.25) is 0 Å². The molecule has 1 aliphatic rings. The van der Waals surface area contributed by atoms with E-state index in [2.05, 4.69) is 5.32 Å². The van der Waals surface area contributed by atoms with E-state index in [0.29, 0.717) is 0 Å². The first kappa shape index (κ1) is 10.6. The Labute approximate surface area is 88.5 Å². The summed E-state index contributed by atoms with van der Waals surface area (Å²) in [5, 5.41) is 3.39. The molecule has 0 aromatic heterocycles. The zero-order valence-corrected chi connectivity index (χ0v) is 8.60. The Morgan fingerprint density at radius 1 is 1.20 bits per heavy atom. The molecule has 0 bridgehead atoms. The van der Waals surface area contributed by atoms with Crippen molar-refractivity contribution in [3.8, 4) is 0 Å². The average Bonchev–Trinajstić information content (AvgIpc) is 3.02. The number of benzene rings is 1. The summed E-state index contributed by atoms with van der Waals surface area (Å²) >= 11 is 0. The van der Waals surface area contributed by atoms with Gasteiger partial charge in [0.05, 0.1) is 0 Å². The van der Waals surface area contributed by atoms with E-state index in [1.54, 1.807) is 6.07 Å². The molecule has 0 saturated heterocycles. The Bertz CT molecular complexity index is 334. The smallest absolute Gasteiger partial charge is 0.159 e. The summed E-state index contributed by atoms with van der Waals surface area (Å²) in [6.07, 6.45) is 4.34. The summed E-state index contributed by atoms with van der Waals surface area (Å²) in [5.41, 5.74) is 0.867. The minimum atomic E-state index is -0.769. The lowest BCUT2D eigenvalue weighted by atomic mass is 10.1. The van der Waals surface area contributed by atoms with E-state index in [1.807, 2.05) is 0 Å². The van der Waals surface area contributed by atoms with Crippen molar-refractivity contribution in [2.45, 2.75) is 31.7 Å². The second-order valence-corrected chi connectivity index (χ2v) is 4.08. The third kappa shape index (κ3) is 3.27. The quantitative estimate of drug-likeness (QED) is 0.738. The van der Waals surface area contributed by atoms with Crippen molar-refractivity contribution in [3.63, 3.8) is 0 Å². The highest BCUT2D eigenvalue weighted by Crippen LogP contribution is 2.18. The Morgan fingerprint density at radius 2 is 2.00 bits per heavy atom. The van der Waals surface area contributed by atoms with Gasteiger partial charge >= 0.3 is 0 Å². The monoisotopic (exact) mass is 211 g/mol. The molecule has 2 rings (SSSR count). The molecule has 0 atom stereocenters. The molecule has 3 heteroatoms. The number of hydrogen-bond acceptors (Lipinski definition) is 1. The number of aryl methyl sites for hydroxylation is 1. The van der Waals surface area contributed by atoms with Gasteiger partial charge in [0.2, 0.25) is 0 Å². The molecule has 1 aliphatic carbocycles. The van der Waals surface area contributed by atoms with Crippen molar-refractivity contribution in [1.82, 2.24) is 5.32 Å². The Hall–Kier alpha value is -0.960. The van der Waals surface area contributed by atoms with E-state index in [0.717, 1.165) is 31.0 Å². The Balaban J connectivity index is 1.74. The molecule has 1 aromatic rings. The van der Waals surface area contributed by atoms with E-state index < -0.39 is 11.6 Å². The summed E-state index contributed by atoms with van der Waals surface area (Å²) in [6.45, 7) is 0.962. The van der Waals surface area contributed by atoms with Crippen LogP contribution in [0.3, 0.4) is 0 Å². The zero-order valence-electron chi connectivity index (χ0n) is 8.60. The van der Waals surface area contributed by atoms with Gasteiger partial charge in [-0.2, -0.15) is 0 Å². The summed E-state index contributed by atoms with van der Waals surface area (Å²) < 4.78 is 25.4. The van der Waals surface area contributed by atoms with Crippen LogP contribution >= 0.6 is 0 Å². The number of halogens is 2. The van der Waals surface area contributed by atoms with Crippen LogP contribution in [0.4, 0.5) is 8.78 Å². The van der Waals surface area contributed by atoms with E-state index in [1.165, 1.54) is 25.0 Å². The van der Waals surface area contributed by atoms with Gasteiger partial charge in [0, 0.05) is 6.04 Å². The van der Waals surface area contributed by atoms with Crippen LogP contribution < -0.4 is 5.32 Å². The molecule has 0 spiro atoms. The lowest BCUT2D eigenvalue weighted by Crippen LogP contribution is -2.17. The average molecular weight is 211 g/mol. The lowest BCUT2D eigenvalue weighted by Gasteiger charge is -2.03. The molecule has 1 N–H and O–H groups in total. The van der Waals surface area contributed by atoms with Crippen LogP contribution in [0, 0.1) is 11.6 Å². The Kier molecular flexibility index (Phi) is 3.31. The van der Waals surface area contributed by atoms with Crippen LogP contribution in [0.5, 0.6) is 0 Å². The maximum absolute atomic E-state index is 12.8. The summed E-state index contributed by atoms with van der Waals surface area (Å²) in [5.74, 6) is -1.52. The molecule has 1 saturated carbocycles. The van der Waals surface area contributed by atoms with E-state index in [4.69, 9.17) is 0 Å². The first-order chi connectivity index (χ1) is 7.25. The van der Waals surface area contributed by atoms with Gasteiger partial charge in [0.25, 0.3) is 0 Å². The fraction of sp³-hybridized carbons (Fsp3) is 0.500. The molecular formula is C12H15F2N. The standard InChI is InChI=1S/C12H15F2N/c13-11-6-3-9(8-12(11)14)2-1-7-15-10-4-5-10/h3,6,8,10,15H,1-2,4-5,7H2. The number of rotatable bonds is 5. The minimum absolute atomic E-state index is 0.718. The molecule has 1 nitrogen and oxygen atoms in total. The van der Waals surface area contributed by atoms with Crippen LogP contribution in [-0.4, -0.2) is 12.6 Å². The van der Waals surface area contributed by atoms with Gasteiger partial charge in [0.15, 0.2) is 11.6 Å². The summed E-state index contributed by atoms with van der Waals surface area (Å²) in [4.78, 5) is 0. The highest BCUT2D eigenvalue weighted by atomic mass is 19.2. The van der Waals surface area contributed by atoms with Crippen molar-refractivity contribution in [2.75, 3.05) is 6.54 Å². The summed E-state index contributed by atoms with van der Waals surface area (Å²) in [7, 11) is 0. The van der Waals surface area contributed by atoms with Gasteiger partial charge in [-0.25, -0.2) is 8.78 Å². The van der Waals surface area contributed by atoms with Gasteiger partial charge in [-0.15, -0.1) is 0 Å². The van der Waals surface area contributed by atoms with Gasteiger partial charge in [-0.3, -0.25) is 0 Å². The van der Waals surface area contributed by atoms with Gasteiger partial charge in [-0.05, 0) is 49.9 Å². The second kappa shape index (κ2) is 4.71. The first-order valence-corrected chi connectivity index (χ1v) is 5.43. The maximum atomic E-state index is 12.8. The minimum Gasteiger partial charge on any atom is -0.314 e. The molecular weight excluding hydrogens is 196 g/mol. The first-order valence-electron chi connectivity index (χ1n) is 5.43. The van der Waals surface area contributed by atoms with Crippen molar-refractivity contribution in [3.05, 3.63) is 35.4 Å². The number of hydrogen-bond donors (Lipinski definition) is 1. The van der Waals surface area contributed by atoms with E-state index in [-0.39, 0.29) is 0 Å². The Morgan fingerprint density at radius 3 is 2.67 bits per heavy atom. The predicted molar refractivity (Wildman–Crippen MR) is 55.7 cm³/mol. The van der Waals surface area contributed by atoms with Crippen LogP contribution in [0.15, 0.2) is 18.2 Å². The second-order valence-electron chi connectivity index (χ2n) is 4.08. The zero-order chi connectivity index (χ0) is 10.7. The molecule has 0 aliphatic heterocycles. The van der Waals surface area contributed by atoms with Crippen molar-refractivity contribution < 1.29 is 8.78 Å². The molecule has 15 heavy (non-hydrogen) atoms. The molecule has 0 radical (unpaired) electrons. The highest BCUT2D eigenvalue weighted by molar-refractivity contribution is 5.17. The third-order valence-corrected chi connectivity index (χ3v) is 2.64. The molecule has 1 fully saturated rings. The lowest BCUT2D eigenvalue weighted by molar-refractivity contribution is 0.506. The van der Waals surface area contributed by atoms with Crippen LogP contribution in [0.1, 0.15) is 24.8 Å². The molecule has 82 valence electrons. The molecule has 1 aromatic carbocycles. The number of nitrogens with one attached hydrogen (secondary N) is 1. The SMILES string of the molecule is Fc1ccc(CCCNC2CC2)cc1F. The molecule has 0 amide bonds.